The Morgan fingerprint density at radius 2 is 1.49 bits per heavy atom. The fraction of sp³-hybridized carbons (Fsp3) is 0.172. The van der Waals surface area contributed by atoms with Crippen molar-refractivity contribution in [1.82, 2.24) is 0 Å². The second-order valence-electron chi connectivity index (χ2n) is 9.79. The second kappa shape index (κ2) is 9.82. The van der Waals surface area contributed by atoms with Crippen molar-refractivity contribution in [3.63, 3.8) is 0 Å². The Labute approximate surface area is 241 Å². The maximum atomic E-state index is 14.3. The highest BCUT2D eigenvalue weighted by molar-refractivity contribution is 7.94. The monoisotopic (exact) mass is 600 g/mol. The number of nitrogens with zero attached hydrogens (tertiary/aromatic N) is 2. The highest BCUT2D eigenvalue weighted by atomic mass is 35.5. The smallest absolute Gasteiger partial charge is 0.271 e. The Balaban J connectivity index is 1.70. The van der Waals surface area contributed by atoms with Crippen LogP contribution < -0.4 is 9.21 Å². The first-order valence-electron chi connectivity index (χ1n) is 11.9. The van der Waals surface area contributed by atoms with Crippen molar-refractivity contribution in [2.24, 2.45) is 0 Å². The van der Waals surface area contributed by atoms with E-state index in [-0.39, 0.29) is 38.4 Å². The minimum absolute atomic E-state index is 0.0307. The summed E-state index contributed by atoms with van der Waals surface area (Å²) < 4.78 is 29.4. The number of hydrogen-bond acceptors (Lipinski definition) is 5. The summed E-state index contributed by atoms with van der Waals surface area (Å²) in [5, 5.41) is 1.78. The molecule has 6 nitrogen and oxygen atoms in total. The lowest BCUT2D eigenvalue weighted by Gasteiger charge is -2.24. The Morgan fingerprint density at radius 3 is 2.15 bits per heavy atom. The molecular formula is C29H23Cl3N2O4S. The van der Waals surface area contributed by atoms with Crippen LogP contribution in [0.25, 0.3) is 10.8 Å². The van der Waals surface area contributed by atoms with Gasteiger partial charge in [-0.25, -0.2) is 12.7 Å². The molecule has 1 unspecified atom stereocenters. The molecule has 0 radical (unpaired) electrons. The number of fused-ring (bicyclic) bond motifs is 2. The molecule has 0 aromatic heterocycles. The molecule has 10 heteroatoms. The third-order valence-corrected chi connectivity index (χ3v) is 9.64. The quantitative estimate of drug-likeness (QED) is 0.220. The number of rotatable bonds is 6. The number of sulfonamides is 1. The number of anilines is 2. The summed E-state index contributed by atoms with van der Waals surface area (Å²) in [7, 11) is -0.769. The van der Waals surface area contributed by atoms with Gasteiger partial charge in [-0.3, -0.25) is 9.59 Å². The molecular weight excluding hydrogens is 579 g/mol. The molecule has 0 aliphatic carbocycles. The van der Waals surface area contributed by atoms with Gasteiger partial charge >= 0.3 is 0 Å². The van der Waals surface area contributed by atoms with Gasteiger partial charge in [0.1, 0.15) is 0 Å². The molecule has 0 saturated heterocycles. The van der Waals surface area contributed by atoms with Gasteiger partial charge in [-0.05, 0) is 55.5 Å². The fourth-order valence-corrected chi connectivity index (χ4v) is 7.66. The number of ketones is 1. The summed E-state index contributed by atoms with van der Waals surface area (Å²) >= 11 is 19.1. The van der Waals surface area contributed by atoms with Gasteiger partial charge in [-0.15, -0.1) is 0 Å². The van der Waals surface area contributed by atoms with Crippen LogP contribution in [-0.4, -0.2) is 34.2 Å². The average molecular weight is 602 g/mol. The lowest BCUT2D eigenvalue weighted by atomic mass is 9.78. The van der Waals surface area contributed by atoms with E-state index in [0.717, 1.165) is 5.69 Å². The normalized spacial score (nSPS) is 17.0. The van der Waals surface area contributed by atoms with Gasteiger partial charge < -0.3 is 4.90 Å². The third-order valence-electron chi connectivity index (χ3n) is 7.03. The standard InChI is InChI=1S/C29H23Cl3N2O4S/c1-29(16-24(35)17-10-12-18(30)13-11-17)26-21(31)14-15-22(32)27(26)34(28(29)36)39(37,38)25-9-5-6-19-20(25)7-4-8-23(19)33(2)3/h4-15H,16H2,1-3H3. The van der Waals surface area contributed by atoms with Crippen molar-refractivity contribution >= 4 is 78.7 Å². The Bertz CT molecular complexity index is 1770. The van der Waals surface area contributed by atoms with E-state index in [1.165, 1.54) is 25.1 Å². The maximum absolute atomic E-state index is 14.3. The van der Waals surface area contributed by atoms with E-state index in [1.807, 2.05) is 31.1 Å². The molecule has 0 fully saturated rings. The largest absolute Gasteiger partial charge is 0.377 e. The van der Waals surface area contributed by atoms with Crippen molar-refractivity contribution in [2.75, 3.05) is 23.3 Å². The average Bonchev–Trinajstić information content (AvgIpc) is 3.13. The van der Waals surface area contributed by atoms with E-state index in [4.69, 9.17) is 34.8 Å². The van der Waals surface area contributed by atoms with Crippen LogP contribution in [0.15, 0.2) is 77.7 Å². The first-order chi connectivity index (χ1) is 18.4. The van der Waals surface area contributed by atoms with Crippen LogP contribution in [-0.2, 0) is 20.2 Å². The van der Waals surface area contributed by atoms with E-state index in [9.17, 15) is 18.0 Å². The molecule has 0 N–H and O–H groups in total. The van der Waals surface area contributed by atoms with Crippen LogP contribution in [0.4, 0.5) is 11.4 Å². The van der Waals surface area contributed by atoms with Crippen LogP contribution in [0, 0.1) is 0 Å². The SMILES string of the molecule is CN(C)c1cccc2c(S(=O)(=O)N3C(=O)C(C)(CC(=O)c4ccc(Cl)cc4)c4c(Cl)ccc(Cl)c43)cccc12. The molecule has 4 aromatic carbocycles. The first-order valence-corrected chi connectivity index (χ1v) is 14.5. The fourth-order valence-electron chi connectivity index (χ4n) is 5.13. The number of hydrogen-bond donors (Lipinski definition) is 0. The summed E-state index contributed by atoms with van der Waals surface area (Å²) in [4.78, 5) is 29.3. The summed E-state index contributed by atoms with van der Waals surface area (Å²) in [6, 6.07) is 19.4. The first kappa shape index (κ1) is 27.5. The van der Waals surface area contributed by atoms with Gasteiger partial charge in [-0.1, -0.05) is 59.1 Å². The summed E-state index contributed by atoms with van der Waals surface area (Å²) in [5.41, 5.74) is -0.291. The minimum Gasteiger partial charge on any atom is -0.377 e. The molecule has 200 valence electrons. The number of carbonyl (C=O) groups excluding carboxylic acids is 2. The van der Waals surface area contributed by atoms with E-state index < -0.39 is 21.3 Å². The molecule has 1 aliphatic heterocycles. The van der Waals surface area contributed by atoms with Gasteiger partial charge in [0.25, 0.3) is 15.9 Å². The van der Waals surface area contributed by atoms with Crippen LogP contribution in [0.2, 0.25) is 15.1 Å². The van der Waals surface area contributed by atoms with Gasteiger partial charge in [0.15, 0.2) is 5.78 Å². The number of halogens is 3. The van der Waals surface area contributed by atoms with Crippen LogP contribution >= 0.6 is 34.8 Å². The van der Waals surface area contributed by atoms with Crippen molar-refractivity contribution in [2.45, 2.75) is 23.7 Å². The predicted molar refractivity (Wildman–Crippen MR) is 157 cm³/mol. The van der Waals surface area contributed by atoms with Crippen molar-refractivity contribution in [3.8, 4) is 0 Å². The highest BCUT2D eigenvalue weighted by Gasteiger charge is 2.55. The zero-order chi connectivity index (χ0) is 28.3. The summed E-state index contributed by atoms with van der Waals surface area (Å²) in [6.45, 7) is 1.52. The molecule has 0 spiro atoms. The Morgan fingerprint density at radius 1 is 0.872 bits per heavy atom. The predicted octanol–water partition coefficient (Wildman–Crippen LogP) is 7.13. The molecule has 1 heterocycles. The number of Topliss-reactive ketones (excluding diaryl/α,β-unsaturated/α-hetero) is 1. The van der Waals surface area contributed by atoms with E-state index in [1.54, 1.807) is 42.5 Å². The highest BCUT2D eigenvalue weighted by Crippen LogP contribution is 2.53. The van der Waals surface area contributed by atoms with Crippen molar-refractivity contribution in [3.05, 3.63) is 99.0 Å². The molecule has 1 aliphatic rings. The third kappa shape index (κ3) is 4.38. The zero-order valence-electron chi connectivity index (χ0n) is 21.2. The van der Waals surface area contributed by atoms with Gasteiger partial charge in [0, 0.05) is 58.1 Å². The van der Waals surface area contributed by atoms with Crippen LogP contribution in [0.5, 0.6) is 0 Å². The number of carbonyl (C=O) groups is 2. The molecule has 1 atom stereocenters. The lowest BCUT2D eigenvalue weighted by Crippen LogP contribution is -2.43. The zero-order valence-corrected chi connectivity index (χ0v) is 24.3. The van der Waals surface area contributed by atoms with Crippen LogP contribution in [0.1, 0.15) is 29.3 Å². The Hall–Kier alpha value is -3.10. The summed E-state index contributed by atoms with van der Waals surface area (Å²) in [5.74, 6) is -1.18. The molecule has 0 saturated carbocycles. The van der Waals surface area contributed by atoms with Crippen LogP contribution in [0.3, 0.4) is 0 Å². The lowest BCUT2D eigenvalue weighted by molar-refractivity contribution is -0.121. The summed E-state index contributed by atoms with van der Waals surface area (Å²) in [6.07, 6.45) is -0.327. The molecule has 5 rings (SSSR count). The molecule has 0 bridgehead atoms. The molecule has 39 heavy (non-hydrogen) atoms. The van der Waals surface area contributed by atoms with Gasteiger partial charge in [0.05, 0.1) is 21.0 Å². The van der Waals surface area contributed by atoms with Gasteiger partial charge in [-0.2, -0.15) is 0 Å². The molecule has 1 amide bonds. The maximum Gasteiger partial charge on any atom is 0.271 e. The molecule has 4 aromatic rings. The van der Waals surface area contributed by atoms with E-state index >= 15 is 0 Å². The topological polar surface area (TPSA) is 74.8 Å². The second-order valence-corrected chi connectivity index (χ2v) is 12.8. The van der Waals surface area contributed by atoms with E-state index in [0.29, 0.717) is 25.7 Å². The van der Waals surface area contributed by atoms with Gasteiger partial charge in [0.2, 0.25) is 0 Å². The van der Waals surface area contributed by atoms with Crippen molar-refractivity contribution < 1.29 is 18.0 Å². The van der Waals surface area contributed by atoms with E-state index in [2.05, 4.69) is 0 Å². The minimum atomic E-state index is -4.49. The number of benzene rings is 4. The Kier molecular flexibility index (Phi) is 6.92. The number of amides is 1. The van der Waals surface area contributed by atoms with Crippen molar-refractivity contribution in [1.29, 1.82) is 0 Å².